The molecule has 1 aromatic rings. The molecule has 28 heavy (non-hydrogen) atoms. The highest BCUT2D eigenvalue weighted by Crippen LogP contribution is 2.63. The number of nitrogens with zero attached hydrogens (tertiary/aromatic N) is 2. The van der Waals surface area contributed by atoms with Crippen molar-refractivity contribution in [2.24, 2.45) is 23.2 Å². The normalized spacial score (nSPS) is 40.7. The van der Waals surface area contributed by atoms with E-state index in [1.165, 1.54) is 75.6 Å². The Morgan fingerprint density at radius 1 is 1.04 bits per heavy atom. The lowest BCUT2D eigenvalue weighted by Gasteiger charge is -2.60. The quantitative estimate of drug-likeness (QED) is 0.671. The Bertz CT molecular complexity index is 774. The van der Waals surface area contributed by atoms with Crippen molar-refractivity contribution in [2.45, 2.75) is 70.8 Å². The average molecular weight is 381 g/mol. The maximum atomic E-state index is 5.46. The summed E-state index contributed by atoms with van der Waals surface area (Å²) in [6.07, 6.45) is 17.5. The molecule has 2 saturated heterocycles. The van der Waals surface area contributed by atoms with Crippen molar-refractivity contribution in [1.29, 1.82) is 0 Å². The first-order chi connectivity index (χ1) is 13.6. The van der Waals surface area contributed by atoms with Gasteiger partial charge in [0.25, 0.3) is 0 Å². The minimum absolute atomic E-state index is 0.304. The zero-order valence-corrected chi connectivity index (χ0v) is 17.9. The maximum absolute atomic E-state index is 5.46. The molecule has 0 spiro atoms. The molecule has 3 fully saturated rings. The summed E-state index contributed by atoms with van der Waals surface area (Å²) in [5.74, 6) is 3.44. The van der Waals surface area contributed by atoms with Crippen LogP contribution in [0.3, 0.4) is 0 Å². The van der Waals surface area contributed by atoms with Crippen LogP contribution >= 0.6 is 0 Å². The number of hydrogen-bond donors (Lipinski definition) is 0. The molecule has 5 atom stereocenters. The van der Waals surface area contributed by atoms with E-state index in [2.05, 4.69) is 35.9 Å². The Morgan fingerprint density at radius 2 is 1.93 bits per heavy atom. The number of allylic oxidation sites excluding steroid dienone is 2. The standard InChI is InChI=1S/C25H36N2O/c1-24-12-9-23-20(10-14-27-13-6-4-5-11-25(23,27)2)22(24)8-7-21(24)18-15-19(28-3)17-26-16-18/h7,15-17,20,22-23H,4-6,8-14H2,1-3H3. The van der Waals surface area contributed by atoms with Gasteiger partial charge in [0, 0.05) is 11.7 Å². The zero-order chi connectivity index (χ0) is 19.4. The molecule has 0 N–H and O–H groups in total. The lowest BCUT2D eigenvalue weighted by Crippen LogP contribution is -2.61. The lowest BCUT2D eigenvalue weighted by molar-refractivity contribution is -0.0868. The van der Waals surface area contributed by atoms with Crippen molar-refractivity contribution in [3.8, 4) is 5.75 Å². The molecule has 2 aliphatic carbocycles. The molecule has 0 amide bonds. The van der Waals surface area contributed by atoms with Gasteiger partial charge in [-0.25, -0.2) is 0 Å². The second-order valence-corrected chi connectivity index (χ2v) is 10.2. The summed E-state index contributed by atoms with van der Waals surface area (Å²) in [4.78, 5) is 7.34. The fourth-order valence-electron chi connectivity index (χ4n) is 7.62. The number of methoxy groups -OCH3 is 1. The predicted octanol–water partition coefficient (Wildman–Crippen LogP) is 5.56. The Morgan fingerprint density at radius 3 is 2.79 bits per heavy atom. The highest BCUT2D eigenvalue weighted by atomic mass is 16.5. The van der Waals surface area contributed by atoms with E-state index in [0.717, 1.165) is 23.5 Å². The second-order valence-electron chi connectivity index (χ2n) is 10.2. The molecule has 5 unspecified atom stereocenters. The van der Waals surface area contributed by atoms with Crippen LogP contribution in [-0.4, -0.2) is 35.6 Å². The van der Waals surface area contributed by atoms with Gasteiger partial charge in [-0.15, -0.1) is 0 Å². The average Bonchev–Trinajstić information content (AvgIpc) is 2.94. The predicted molar refractivity (Wildman–Crippen MR) is 114 cm³/mol. The van der Waals surface area contributed by atoms with E-state index in [9.17, 15) is 0 Å². The summed E-state index contributed by atoms with van der Waals surface area (Å²) in [6.45, 7) is 7.82. The number of fused-ring (bicyclic) bond motifs is 5. The monoisotopic (exact) mass is 380 g/mol. The van der Waals surface area contributed by atoms with Gasteiger partial charge >= 0.3 is 0 Å². The van der Waals surface area contributed by atoms with Gasteiger partial charge in [-0.2, -0.15) is 0 Å². The fraction of sp³-hybridized carbons (Fsp3) is 0.720. The van der Waals surface area contributed by atoms with Crippen LogP contribution in [0.15, 0.2) is 24.5 Å². The van der Waals surface area contributed by atoms with Crippen LogP contribution in [0, 0.1) is 23.2 Å². The van der Waals surface area contributed by atoms with Gasteiger partial charge in [0.1, 0.15) is 5.75 Å². The third-order valence-electron chi connectivity index (χ3n) is 9.14. The summed E-state index contributed by atoms with van der Waals surface area (Å²) in [6, 6.07) is 2.19. The molecule has 4 aliphatic rings. The molecule has 1 aromatic heterocycles. The largest absolute Gasteiger partial charge is 0.495 e. The van der Waals surface area contributed by atoms with E-state index in [-0.39, 0.29) is 0 Å². The fourth-order valence-corrected chi connectivity index (χ4v) is 7.62. The van der Waals surface area contributed by atoms with E-state index >= 15 is 0 Å². The SMILES string of the molecule is COc1cncc(C2=CCC3C4CCN5CCCCCC5(C)C4CCC23C)c1. The molecule has 3 heterocycles. The van der Waals surface area contributed by atoms with Crippen LogP contribution < -0.4 is 4.74 Å². The lowest BCUT2D eigenvalue weighted by atomic mass is 9.52. The topological polar surface area (TPSA) is 25.4 Å². The molecule has 3 heteroatoms. The summed E-state index contributed by atoms with van der Waals surface area (Å²) in [5, 5.41) is 0. The first kappa shape index (κ1) is 18.7. The Balaban J connectivity index is 1.44. The number of hydrogen-bond acceptors (Lipinski definition) is 3. The Hall–Kier alpha value is -1.35. The molecular weight excluding hydrogens is 344 g/mol. The second kappa shape index (κ2) is 6.86. The molecule has 152 valence electrons. The van der Waals surface area contributed by atoms with Crippen molar-refractivity contribution in [3.05, 3.63) is 30.1 Å². The smallest absolute Gasteiger partial charge is 0.137 e. The molecule has 5 rings (SSSR count). The van der Waals surface area contributed by atoms with Crippen molar-refractivity contribution >= 4 is 5.57 Å². The van der Waals surface area contributed by atoms with Gasteiger partial charge in [-0.05, 0) is 98.9 Å². The Kier molecular flexibility index (Phi) is 4.58. The zero-order valence-electron chi connectivity index (χ0n) is 17.9. The third kappa shape index (κ3) is 2.69. The molecule has 0 bridgehead atoms. The van der Waals surface area contributed by atoms with Crippen LogP contribution in [0.5, 0.6) is 5.75 Å². The van der Waals surface area contributed by atoms with Crippen molar-refractivity contribution in [2.75, 3.05) is 20.2 Å². The summed E-state index contributed by atoms with van der Waals surface area (Å²) >= 11 is 0. The van der Waals surface area contributed by atoms with E-state index in [0.29, 0.717) is 11.0 Å². The first-order valence-corrected chi connectivity index (χ1v) is 11.5. The van der Waals surface area contributed by atoms with E-state index in [1.54, 1.807) is 7.11 Å². The molecule has 3 nitrogen and oxygen atoms in total. The number of rotatable bonds is 2. The third-order valence-corrected chi connectivity index (χ3v) is 9.14. The van der Waals surface area contributed by atoms with E-state index in [4.69, 9.17) is 4.74 Å². The molecule has 0 aromatic carbocycles. The molecular formula is C25H36N2O. The number of pyridine rings is 1. The Labute approximate surface area is 170 Å². The minimum Gasteiger partial charge on any atom is -0.495 e. The van der Waals surface area contributed by atoms with Crippen LogP contribution in [0.25, 0.3) is 5.57 Å². The minimum atomic E-state index is 0.304. The van der Waals surface area contributed by atoms with Gasteiger partial charge in [-0.3, -0.25) is 9.88 Å². The van der Waals surface area contributed by atoms with Gasteiger partial charge in [0.05, 0.1) is 13.3 Å². The van der Waals surface area contributed by atoms with Crippen LogP contribution in [0.1, 0.15) is 70.8 Å². The van der Waals surface area contributed by atoms with E-state index < -0.39 is 0 Å². The van der Waals surface area contributed by atoms with Crippen molar-refractivity contribution in [1.82, 2.24) is 9.88 Å². The number of aromatic nitrogens is 1. The van der Waals surface area contributed by atoms with Crippen LogP contribution in [0.2, 0.25) is 0 Å². The van der Waals surface area contributed by atoms with Crippen molar-refractivity contribution in [3.63, 3.8) is 0 Å². The molecule has 1 saturated carbocycles. The maximum Gasteiger partial charge on any atom is 0.137 e. The number of ether oxygens (including phenoxy) is 1. The highest BCUT2D eigenvalue weighted by Gasteiger charge is 2.57. The number of piperidine rings is 1. The summed E-state index contributed by atoms with van der Waals surface area (Å²) in [5.41, 5.74) is 3.57. The van der Waals surface area contributed by atoms with Crippen LogP contribution in [0.4, 0.5) is 0 Å². The van der Waals surface area contributed by atoms with Gasteiger partial charge in [-0.1, -0.05) is 25.8 Å². The molecule has 0 radical (unpaired) electrons. The van der Waals surface area contributed by atoms with Gasteiger partial charge in [0.15, 0.2) is 0 Å². The first-order valence-electron chi connectivity index (χ1n) is 11.5. The summed E-state index contributed by atoms with van der Waals surface area (Å²) < 4.78 is 5.46. The van der Waals surface area contributed by atoms with Gasteiger partial charge < -0.3 is 4.74 Å². The molecule has 2 aliphatic heterocycles. The van der Waals surface area contributed by atoms with E-state index in [1.807, 2.05) is 12.4 Å². The highest BCUT2D eigenvalue weighted by molar-refractivity contribution is 5.73. The van der Waals surface area contributed by atoms with Crippen molar-refractivity contribution < 1.29 is 4.74 Å². The van der Waals surface area contributed by atoms with Crippen LogP contribution in [-0.2, 0) is 0 Å². The van der Waals surface area contributed by atoms with Gasteiger partial charge in [0.2, 0.25) is 0 Å². The summed E-state index contributed by atoms with van der Waals surface area (Å²) in [7, 11) is 1.74.